The molecule has 3 aromatic rings. The molecule has 0 N–H and O–H groups in total. The van der Waals surface area contributed by atoms with E-state index < -0.39 is 0 Å². The van der Waals surface area contributed by atoms with Gasteiger partial charge in [-0.05, 0) is 44.0 Å². The lowest BCUT2D eigenvalue weighted by molar-refractivity contribution is -0.143. The Labute approximate surface area is 186 Å². The third-order valence-corrected chi connectivity index (χ3v) is 6.31. The number of aryl methyl sites for hydroxylation is 1. The highest BCUT2D eigenvalue weighted by atomic mass is 32.2. The molecule has 30 heavy (non-hydrogen) atoms. The number of ether oxygens (including phenoxy) is 1. The first-order chi connectivity index (χ1) is 14.4. The van der Waals surface area contributed by atoms with Gasteiger partial charge in [-0.1, -0.05) is 61.5 Å². The van der Waals surface area contributed by atoms with Crippen LogP contribution in [0.4, 0.5) is 0 Å². The van der Waals surface area contributed by atoms with Gasteiger partial charge in [0.25, 0.3) is 0 Å². The van der Waals surface area contributed by atoms with Crippen molar-refractivity contribution in [3.63, 3.8) is 0 Å². The topological polar surface area (TPSA) is 57.0 Å². The molecule has 1 unspecified atom stereocenters. The van der Waals surface area contributed by atoms with Crippen molar-refractivity contribution < 1.29 is 9.53 Å². The number of carbonyl (C=O) groups excluding carboxylic acids is 1. The summed E-state index contributed by atoms with van der Waals surface area (Å²) in [5.74, 6) is 1.60. The van der Waals surface area contributed by atoms with E-state index in [2.05, 4.69) is 41.4 Å². The van der Waals surface area contributed by atoms with E-state index in [1.54, 1.807) is 11.8 Å². The van der Waals surface area contributed by atoms with Crippen molar-refractivity contribution in [3.8, 4) is 5.69 Å². The summed E-state index contributed by atoms with van der Waals surface area (Å²) in [5, 5.41) is 9.14. The molecule has 2 aromatic carbocycles. The Balaban J connectivity index is 1.79. The quantitative estimate of drug-likeness (QED) is 0.321. The number of nitrogens with zero attached hydrogens (tertiary/aromatic N) is 3. The molecular weight excluding hydrogens is 414 g/mol. The lowest BCUT2D eigenvalue weighted by Crippen LogP contribution is -2.20. The predicted octanol–water partition coefficient (Wildman–Crippen LogP) is 5.55. The van der Waals surface area contributed by atoms with Gasteiger partial charge in [0, 0.05) is 10.6 Å². The Morgan fingerprint density at radius 3 is 2.40 bits per heavy atom. The van der Waals surface area contributed by atoms with Crippen LogP contribution in [0.3, 0.4) is 0 Å². The zero-order valence-corrected chi connectivity index (χ0v) is 19.4. The standard InChI is InChI=1S/C23H27N3O2S2/c1-16(2)14-28-22(27)18(4)30-23-25-24-21(26(23)19-8-6-5-7-9-19)15-29-20-12-10-17(3)11-13-20/h5-13,16,18H,14-15H2,1-4H3. The third kappa shape index (κ3) is 6.12. The summed E-state index contributed by atoms with van der Waals surface area (Å²) in [6.07, 6.45) is 0. The molecule has 0 aliphatic heterocycles. The lowest BCUT2D eigenvalue weighted by Gasteiger charge is -2.14. The molecule has 0 radical (unpaired) electrons. The molecule has 5 nitrogen and oxygen atoms in total. The Bertz CT molecular complexity index is 956. The minimum atomic E-state index is -0.368. The molecule has 0 aliphatic carbocycles. The fourth-order valence-electron chi connectivity index (χ4n) is 2.66. The number of rotatable bonds is 9. The second-order valence-electron chi connectivity index (χ2n) is 7.46. The van der Waals surface area contributed by atoms with Gasteiger partial charge < -0.3 is 4.74 Å². The number of aromatic nitrogens is 3. The van der Waals surface area contributed by atoms with E-state index in [0.29, 0.717) is 23.4 Å². The van der Waals surface area contributed by atoms with E-state index in [1.807, 2.05) is 55.7 Å². The molecule has 0 fully saturated rings. The van der Waals surface area contributed by atoms with Gasteiger partial charge in [-0.25, -0.2) is 0 Å². The Hall–Kier alpha value is -2.25. The second-order valence-corrected chi connectivity index (χ2v) is 9.81. The molecule has 1 atom stereocenters. The van der Waals surface area contributed by atoms with Crippen molar-refractivity contribution in [2.75, 3.05) is 6.61 Å². The zero-order valence-electron chi connectivity index (χ0n) is 17.7. The Kier molecular flexibility index (Phi) is 7.99. The first kappa shape index (κ1) is 22.4. The monoisotopic (exact) mass is 441 g/mol. The molecule has 0 bridgehead atoms. The summed E-state index contributed by atoms with van der Waals surface area (Å²) < 4.78 is 7.41. The molecule has 3 rings (SSSR count). The summed E-state index contributed by atoms with van der Waals surface area (Å²) in [5.41, 5.74) is 2.22. The smallest absolute Gasteiger partial charge is 0.319 e. The van der Waals surface area contributed by atoms with Gasteiger partial charge in [0.05, 0.1) is 12.4 Å². The number of para-hydroxylation sites is 1. The third-order valence-electron chi connectivity index (χ3n) is 4.28. The van der Waals surface area contributed by atoms with Crippen LogP contribution in [0.5, 0.6) is 0 Å². The Morgan fingerprint density at radius 2 is 1.73 bits per heavy atom. The fraction of sp³-hybridized carbons (Fsp3) is 0.348. The lowest BCUT2D eigenvalue weighted by atomic mass is 10.2. The van der Waals surface area contributed by atoms with Gasteiger partial charge in [0.1, 0.15) is 11.1 Å². The maximum Gasteiger partial charge on any atom is 0.319 e. The minimum Gasteiger partial charge on any atom is -0.465 e. The number of thioether (sulfide) groups is 2. The first-order valence-electron chi connectivity index (χ1n) is 9.96. The van der Waals surface area contributed by atoms with Gasteiger partial charge in [-0.2, -0.15) is 0 Å². The highest BCUT2D eigenvalue weighted by molar-refractivity contribution is 8.00. The molecule has 0 spiro atoms. The van der Waals surface area contributed by atoms with Crippen LogP contribution >= 0.6 is 23.5 Å². The fourth-order valence-corrected chi connectivity index (χ4v) is 4.36. The van der Waals surface area contributed by atoms with Crippen LogP contribution in [-0.4, -0.2) is 32.6 Å². The predicted molar refractivity (Wildman–Crippen MR) is 123 cm³/mol. The zero-order chi connectivity index (χ0) is 21.5. The van der Waals surface area contributed by atoms with Crippen molar-refractivity contribution in [2.24, 2.45) is 5.92 Å². The number of hydrogen-bond acceptors (Lipinski definition) is 6. The summed E-state index contributed by atoms with van der Waals surface area (Å²) in [6.45, 7) is 8.40. The van der Waals surface area contributed by atoms with Crippen molar-refractivity contribution in [1.29, 1.82) is 0 Å². The van der Waals surface area contributed by atoms with E-state index in [1.165, 1.54) is 22.2 Å². The van der Waals surface area contributed by atoms with Crippen LogP contribution in [0.2, 0.25) is 0 Å². The van der Waals surface area contributed by atoms with Crippen molar-refractivity contribution in [2.45, 2.75) is 48.7 Å². The van der Waals surface area contributed by atoms with Gasteiger partial charge in [0.15, 0.2) is 5.16 Å². The van der Waals surface area contributed by atoms with E-state index in [9.17, 15) is 4.79 Å². The van der Waals surface area contributed by atoms with Gasteiger partial charge in [0.2, 0.25) is 0 Å². The summed E-state index contributed by atoms with van der Waals surface area (Å²) >= 11 is 3.09. The molecule has 1 aromatic heterocycles. The normalized spacial score (nSPS) is 12.2. The summed E-state index contributed by atoms with van der Waals surface area (Å²) in [6, 6.07) is 18.4. The van der Waals surface area contributed by atoms with E-state index in [0.717, 1.165) is 11.5 Å². The van der Waals surface area contributed by atoms with Crippen molar-refractivity contribution >= 4 is 29.5 Å². The van der Waals surface area contributed by atoms with Crippen LogP contribution < -0.4 is 0 Å². The maximum absolute atomic E-state index is 12.3. The number of benzene rings is 2. The number of esters is 1. The van der Waals surface area contributed by atoms with Crippen LogP contribution in [0.15, 0.2) is 64.6 Å². The summed E-state index contributed by atoms with van der Waals surface area (Å²) in [7, 11) is 0. The molecular formula is C23H27N3O2S2. The van der Waals surface area contributed by atoms with Gasteiger partial charge >= 0.3 is 5.97 Å². The number of carbonyl (C=O) groups is 1. The van der Waals surface area contributed by atoms with Crippen LogP contribution in [0, 0.1) is 12.8 Å². The molecule has 7 heteroatoms. The van der Waals surface area contributed by atoms with Crippen LogP contribution in [0.1, 0.15) is 32.2 Å². The largest absolute Gasteiger partial charge is 0.465 e. The minimum absolute atomic E-state index is 0.230. The second kappa shape index (κ2) is 10.7. The van der Waals surface area contributed by atoms with Gasteiger partial charge in [-0.15, -0.1) is 22.0 Å². The van der Waals surface area contributed by atoms with E-state index in [-0.39, 0.29) is 11.2 Å². The number of hydrogen-bond donors (Lipinski definition) is 0. The molecule has 0 saturated carbocycles. The molecule has 1 heterocycles. The Morgan fingerprint density at radius 1 is 1.03 bits per heavy atom. The highest BCUT2D eigenvalue weighted by Crippen LogP contribution is 2.29. The SMILES string of the molecule is Cc1ccc(SCc2nnc(SC(C)C(=O)OCC(C)C)n2-c2ccccc2)cc1. The average Bonchev–Trinajstić information content (AvgIpc) is 3.14. The van der Waals surface area contributed by atoms with Crippen molar-refractivity contribution in [1.82, 2.24) is 14.8 Å². The molecule has 158 valence electrons. The van der Waals surface area contributed by atoms with E-state index in [4.69, 9.17) is 4.74 Å². The highest BCUT2D eigenvalue weighted by Gasteiger charge is 2.22. The molecule has 0 saturated heterocycles. The van der Waals surface area contributed by atoms with Crippen LogP contribution in [-0.2, 0) is 15.3 Å². The van der Waals surface area contributed by atoms with Crippen molar-refractivity contribution in [3.05, 3.63) is 66.0 Å². The van der Waals surface area contributed by atoms with Gasteiger partial charge in [-0.3, -0.25) is 9.36 Å². The maximum atomic E-state index is 12.3. The average molecular weight is 442 g/mol. The van der Waals surface area contributed by atoms with E-state index >= 15 is 0 Å². The molecule has 0 amide bonds. The van der Waals surface area contributed by atoms with Crippen LogP contribution in [0.25, 0.3) is 5.69 Å². The first-order valence-corrected chi connectivity index (χ1v) is 11.8. The summed E-state index contributed by atoms with van der Waals surface area (Å²) in [4.78, 5) is 13.5. The molecule has 0 aliphatic rings.